The maximum atomic E-state index is 3.83. The van der Waals surface area contributed by atoms with Gasteiger partial charge < -0.3 is 0 Å². The Morgan fingerprint density at radius 3 is 2.58 bits per heavy atom. The molecular formula is C10H14N2. The van der Waals surface area contributed by atoms with E-state index < -0.39 is 0 Å². The molecule has 0 fully saturated rings. The van der Waals surface area contributed by atoms with Crippen molar-refractivity contribution in [3.8, 4) is 0 Å². The van der Waals surface area contributed by atoms with Gasteiger partial charge in [0.2, 0.25) is 0 Å². The Morgan fingerprint density at radius 2 is 2.08 bits per heavy atom. The highest BCUT2D eigenvalue weighted by Gasteiger charge is 1.78. The molecule has 0 radical (unpaired) electrons. The predicted octanol–water partition coefficient (Wildman–Crippen LogP) is 0.880. The molecule has 0 atom stereocenters. The third kappa shape index (κ3) is 3.10. The summed E-state index contributed by atoms with van der Waals surface area (Å²) in [4.78, 5) is 0. The summed E-state index contributed by atoms with van der Waals surface area (Å²) in [5, 5.41) is 9.17. The molecule has 2 nitrogen and oxygen atoms in total. The molecule has 0 amide bonds. The fourth-order valence-corrected chi connectivity index (χ4v) is 0.620. The van der Waals surface area contributed by atoms with Crippen LogP contribution in [0.15, 0.2) is 24.9 Å². The van der Waals surface area contributed by atoms with Crippen LogP contribution >= 0.6 is 0 Å². The van der Waals surface area contributed by atoms with Gasteiger partial charge in [0.25, 0.3) is 0 Å². The molecule has 1 aromatic rings. The quantitative estimate of drug-likeness (QED) is 0.612. The highest BCUT2D eigenvalue weighted by Crippen LogP contribution is 1.61. The molecule has 0 spiro atoms. The van der Waals surface area contributed by atoms with Crippen LogP contribution in [-0.2, 0) is 0 Å². The van der Waals surface area contributed by atoms with Gasteiger partial charge in [-0.15, -0.1) is 0 Å². The van der Waals surface area contributed by atoms with Gasteiger partial charge in [0.15, 0.2) is 0 Å². The first-order chi connectivity index (χ1) is 5.84. The van der Waals surface area contributed by atoms with E-state index in [1.54, 1.807) is 18.3 Å². The van der Waals surface area contributed by atoms with Crippen LogP contribution in [-0.4, -0.2) is 10.2 Å². The largest absolute Gasteiger partial charge is 0.159 e. The minimum absolute atomic E-state index is 0.775. The predicted molar refractivity (Wildman–Crippen MR) is 52.8 cm³/mol. The lowest BCUT2D eigenvalue weighted by Crippen LogP contribution is -2.26. The SMILES string of the molecule is C=C/C=c1/nnccc1=C.CC. The van der Waals surface area contributed by atoms with E-state index >= 15 is 0 Å². The van der Waals surface area contributed by atoms with Gasteiger partial charge in [-0.25, -0.2) is 0 Å². The van der Waals surface area contributed by atoms with Crippen molar-refractivity contribution in [3.63, 3.8) is 0 Å². The number of hydrogen-bond donors (Lipinski definition) is 0. The summed E-state index contributed by atoms with van der Waals surface area (Å²) >= 11 is 0. The highest BCUT2D eigenvalue weighted by molar-refractivity contribution is 5.32. The van der Waals surface area contributed by atoms with E-state index in [0.717, 1.165) is 10.6 Å². The molecule has 0 bridgehead atoms. The fraction of sp³-hybridized carbons (Fsp3) is 0.200. The zero-order chi connectivity index (χ0) is 9.40. The van der Waals surface area contributed by atoms with Crippen LogP contribution in [0.3, 0.4) is 0 Å². The van der Waals surface area contributed by atoms with Crippen molar-refractivity contribution in [1.29, 1.82) is 0 Å². The van der Waals surface area contributed by atoms with Crippen LogP contribution in [0, 0.1) is 0 Å². The second-order valence-electron chi connectivity index (χ2n) is 1.84. The van der Waals surface area contributed by atoms with Crippen LogP contribution in [0.25, 0.3) is 12.7 Å². The fourth-order valence-electron chi connectivity index (χ4n) is 0.620. The molecule has 0 aliphatic rings. The van der Waals surface area contributed by atoms with Gasteiger partial charge in [-0.3, -0.25) is 0 Å². The van der Waals surface area contributed by atoms with E-state index in [-0.39, 0.29) is 0 Å². The van der Waals surface area contributed by atoms with Crippen molar-refractivity contribution in [1.82, 2.24) is 10.2 Å². The Morgan fingerprint density at radius 1 is 1.42 bits per heavy atom. The van der Waals surface area contributed by atoms with Gasteiger partial charge >= 0.3 is 0 Å². The second-order valence-corrected chi connectivity index (χ2v) is 1.84. The van der Waals surface area contributed by atoms with Crippen molar-refractivity contribution < 1.29 is 0 Å². The summed E-state index contributed by atoms with van der Waals surface area (Å²) < 4.78 is 0. The zero-order valence-corrected chi connectivity index (χ0v) is 7.62. The van der Waals surface area contributed by atoms with E-state index in [0.29, 0.717) is 0 Å². The normalized spacial score (nSPS) is 10.0. The van der Waals surface area contributed by atoms with Crippen LogP contribution in [0.1, 0.15) is 13.8 Å². The van der Waals surface area contributed by atoms with Crippen LogP contribution in [0.4, 0.5) is 0 Å². The molecule has 0 saturated carbocycles. The summed E-state index contributed by atoms with van der Waals surface area (Å²) in [6.45, 7) is 11.3. The van der Waals surface area contributed by atoms with E-state index in [4.69, 9.17) is 0 Å². The molecule has 12 heavy (non-hydrogen) atoms. The van der Waals surface area contributed by atoms with Gasteiger partial charge in [-0.05, 0) is 17.4 Å². The van der Waals surface area contributed by atoms with Crippen LogP contribution < -0.4 is 10.6 Å². The Labute approximate surface area is 73.0 Å². The Kier molecular flexibility index (Phi) is 5.53. The third-order valence-corrected chi connectivity index (χ3v) is 1.11. The Hall–Kier alpha value is -1.44. The van der Waals surface area contributed by atoms with E-state index in [2.05, 4.69) is 23.4 Å². The number of hydrogen-bond acceptors (Lipinski definition) is 2. The molecular weight excluding hydrogens is 148 g/mol. The lowest BCUT2D eigenvalue weighted by molar-refractivity contribution is 0.983. The zero-order valence-electron chi connectivity index (χ0n) is 7.62. The molecule has 0 aliphatic carbocycles. The Balaban J connectivity index is 0.000000561. The smallest absolute Gasteiger partial charge is 0.0923 e. The first-order valence-corrected chi connectivity index (χ1v) is 3.94. The molecule has 1 aromatic heterocycles. The summed E-state index contributed by atoms with van der Waals surface area (Å²) in [5.41, 5.74) is 0. The minimum atomic E-state index is 0.775. The van der Waals surface area contributed by atoms with Gasteiger partial charge in [0.1, 0.15) is 0 Å². The van der Waals surface area contributed by atoms with Crippen molar-refractivity contribution in [2.45, 2.75) is 13.8 Å². The van der Waals surface area contributed by atoms with Crippen molar-refractivity contribution >= 4 is 12.7 Å². The number of nitrogens with zero attached hydrogens (tertiary/aromatic N) is 2. The molecule has 0 N–H and O–H groups in total. The first-order valence-electron chi connectivity index (χ1n) is 3.94. The monoisotopic (exact) mass is 162 g/mol. The number of rotatable bonds is 1. The summed E-state index contributed by atoms with van der Waals surface area (Å²) in [7, 11) is 0. The molecule has 0 saturated heterocycles. The summed E-state index contributed by atoms with van der Waals surface area (Å²) in [5.74, 6) is 0. The molecule has 2 heteroatoms. The van der Waals surface area contributed by atoms with Crippen molar-refractivity contribution in [2.75, 3.05) is 0 Å². The minimum Gasteiger partial charge on any atom is -0.159 e. The van der Waals surface area contributed by atoms with Crippen molar-refractivity contribution in [3.05, 3.63) is 35.5 Å². The highest BCUT2D eigenvalue weighted by atomic mass is 15.1. The standard InChI is InChI=1S/C8H8N2.C2H6/c1-3-4-8-7(2)5-6-9-10-8;1-2/h3-6H,1-2H2;1-2H3/b8-4+;. The lowest BCUT2D eigenvalue weighted by Gasteiger charge is -1.81. The summed E-state index contributed by atoms with van der Waals surface area (Å²) in [6, 6.07) is 1.81. The Bertz CT molecular complexity index is 328. The average Bonchev–Trinajstić information content (AvgIpc) is 2.13. The summed E-state index contributed by atoms with van der Waals surface area (Å²) in [6.07, 6.45) is 5.05. The van der Waals surface area contributed by atoms with Crippen LogP contribution in [0.5, 0.6) is 0 Å². The maximum Gasteiger partial charge on any atom is 0.0923 e. The molecule has 1 heterocycles. The number of aromatic nitrogens is 2. The lowest BCUT2D eigenvalue weighted by atomic mass is 10.4. The van der Waals surface area contributed by atoms with E-state index in [9.17, 15) is 0 Å². The molecule has 1 rings (SSSR count). The van der Waals surface area contributed by atoms with E-state index in [1.807, 2.05) is 19.9 Å². The maximum absolute atomic E-state index is 3.83. The van der Waals surface area contributed by atoms with Gasteiger partial charge in [-0.1, -0.05) is 33.1 Å². The van der Waals surface area contributed by atoms with Gasteiger partial charge in [-0.2, -0.15) is 10.2 Å². The van der Waals surface area contributed by atoms with Gasteiger partial charge in [0, 0.05) is 0 Å². The molecule has 64 valence electrons. The topological polar surface area (TPSA) is 25.8 Å². The molecule has 0 unspecified atom stereocenters. The van der Waals surface area contributed by atoms with E-state index in [1.165, 1.54) is 0 Å². The van der Waals surface area contributed by atoms with Crippen LogP contribution in [0.2, 0.25) is 0 Å². The number of allylic oxidation sites excluding steroid dienone is 1. The van der Waals surface area contributed by atoms with Crippen molar-refractivity contribution in [2.24, 2.45) is 0 Å². The average molecular weight is 162 g/mol. The molecule has 0 aliphatic heterocycles. The second kappa shape index (κ2) is 6.28. The third-order valence-electron chi connectivity index (χ3n) is 1.11. The molecule has 0 aromatic carbocycles. The van der Waals surface area contributed by atoms with Gasteiger partial charge in [0.05, 0.1) is 11.5 Å². The first kappa shape index (κ1) is 10.6.